The number of carbonyl (C=O) groups excluding carboxylic acids is 4. The van der Waals surface area contributed by atoms with Crippen molar-refractivity contribution in [2.45, 2.75) is 50.7 Å². The Balaban J connectivity index is 1.38. The summed E-state index contributed by atoms with van der Waals surface area (Å²) in [7, 11) is 0. The van der Waals surface area contributed by atoms with Gasteiger partial charge in [-0.3, -0.25) is 14.4 Å². The molecule has 0 radical (unpaired) electrons. The van der Waals surface area contributed by atoms with Crippen LogP contribution in [-0.2, 0) is 33.8 Å². The number of carbonyl (C=O) groups is 4. The van der Waals surface area contributed by atoms with E-state index in [4.69, 9.17) is 4.74 Å². The highest BCUT2D eigenvalue weighted by molar-refractivity contribution is 5.94. The minimum atomic E-state index is -0.964. The second-order valence-electron chi connectivity index (χ2n) is 12.2. The Bertz CT molecular complexity index is 1590. The molecule has 5 rings (SSSR count). The maximum absolute atomic E-state index is 14.3. The molecule has 3 atom stereocenters. The number of ether oxygens (including phenoxy) is 1. The lowest BCUT2D eigenvalue weighted by atomic mass is 9.98. The fourth-order valence-electron chi connectivity index (χ4n) is 6.08. The first-order valence-corrected chi connectivity index (χ1v) is 16.6. The van der Waals surface area contributed by atoms with Gasteiger partial charge in [0, 0.05) is 44.8 Å². The molecular weight excluding hydrogens is 624 g/mol. The van der Waals surface area contributed by atoms with Crippen LogP contribution in [0.2, 0.25) is 0 Å². The molecule has 2 fully saturated rings. The van der Waals surface area contributed by atoms with Crippen LogP contribution in [0.5, 0.6) is 5.75 Å². The monoisotopic (exact) mass is 668 g/mol. The third-order valence-electron chi connectivity index (χ3n) is 8.55. The van der Waals surface area contributed by atoms with E-state index in [0.29, 0.717) is 25.3 Å². The summed E-state index contributed by atoms with van der Waals surface area (Å²) in [6.45, 7) is 5.58. The summed E-state index contributed by atoms with van der Waals surface area (Å²) in [4.78, 5) is 57.4. The summed E-state index contributed by atoms with van der Waals surface area (Å²) in [5.41, 5.74) is 2.82. The first kappa shape index (κ1) is 35.1. The Morgan fingerprint density at radius 2 is 1.73 bits per heavy atom. The molecule has 0 aliphatic carbocycles. The lowest BCUT2D eigenvalue weighted by Crippen LogP contribution is -2.69. The molecule has 3 aromatic rings. The molecule has 2 aliphatic heterocycles. The summed E-state index contributed by atoms with van der Waals surface area (Å²) >= 11 is 0. The predicted octanol–water partition coefficient (Wildman–Crippen LogP) is 2.68. The zero-order chi connectivity index (χ0) is 34.6. The van der Waals surface area contributed by atoms with Gasteiger partial charge < -0.3 is 40.9 Å². The fraction of sp³-hybridized carbons (Fsp3) is 0.351. The second kappa shape index (κ2) is 17.3. The summed E-state index contributed by atoms with van der Waals surface area (Å²) in [5, 5.41) is 21.6. The van der Waals surface area contributed by atoms with E-state index >= 15 is 0 Å². The number of rotatable bonds is 14. The molecule has 5 N–H and O–H groups in total. The van der Waals surface area contributed by atoms with Gasteiger partial charge in [0.05, 0.1) is 19.2 Å². The topological polar surface area (TPSA) is 152 Å². The SMILES string of the molecule is C=CCNCC(=O)N1[C@@H](NC(=O)NCc2ccccc2)CN(Cc2cccc(C(=O)NCC3CCCO3)c2)C(=O)[C@@H]1Cc1ccc(O)cc1. The molecule has 0 saturated carbocycles. The number of phenols is 1. The van der Waals surface area contributed by atoms with Crippen molar-refractivity contribution in [3.05, 3.63) is 114 Å². The van der Waals surface area contributed by atoms with Gasteiger partial charge in [-0.15, -0.1) is 6.58 Å². The molecule has 5 amide bonds. The van der Waals surface area contributed by atoms with E-state index < -0.39 is 18.2 Å². The molecule has 49 heavy (non-hydrogen) atoms. The molecule has 258 valence electrons. The highest BCUT2D eigenvalue weighted by atomic mass is 16.5. The van der Waals surface area contributed by atoms with Gasteiger partial charge in [0.25, 0.3) is 5.91 Å². The van der Waals surface area contributed by atoms with Gasteiger partial charge in [0.1, 0.15) is 18.0 Å². The van der Waals surface area contributed by atoms with Crippen LogP contribution in [0, 0.1) is 0 Å². The van der Waals surface area contributed by atoms with Crippen LogP contribution in [0.4, 0.5) is 4.79 Å². The van der Waals surface area contributed by atoms with Crippen LogP contribution < -0.4 is 21.3 Å². The van der Waals surface area contributed by atoms with Gasteiger partial charge in [-0.1, -0.05) is 60.7 Å². The van der Waals surface area contributed by atoms with Crippen molar-refractivity contribution in [1.29, 1.82) is 0 Å². The van der Waals surface area contributed by atoms with E-state index in [0.717, 1.165) is 29.5 Å². The number of hydrogen-bond acceptors (Lipinski definition) is 7. The lowest BCUT2D eigenvalue weighted by Gasteiger charge is -2.46. The van der Waals surface area contributed by atoms with Crippen molar-refractivity contribution >= 4 is 23.8 Å². The molecule has 0 spiro atoms. The molecule has 2 heterocycles. The fourth-order valence-corrected chi connectivity index (χ4v) is 6.08. The quantitative estimate of drug-likeness (QED) is 0.131. The first-order chi connectivity index (χ1) is 23.8. The van der Waals surface area contributed by atoms with E-state index in [1.807, 2.05) is 36.4 Å². The van der Waals surface area contributed by atoms with Crippen molar-refractivity contribution in [3.8, 4) is 5.75 Å². The Labute approximate surface area is 286 Å². The summed E-state index contributed by atoms with van der Waals surface area (Å²) in [6, 6.07) is 21.5. The van der Waals surface area contributed by atoms with Crippen molar-refractivity contribution < 1.29 is 29.0 Å². The van der Waals surface area contributed by atoms with Gasteiger partial charge in [0.15, 0.2) is 0 Å². The number of benzene rings is 3. The van der Waals surface area contributed by atoms with Crippen molar-refractivity contribution in [2.75, 3.05) is 32.8 Å². The van der Waals surface area contributed by atoms with Gasteiger partial charge >= 0.3 is 6.03 Å². The molecule has 3 aromatic carbocycles. The maximum atomic E-state index is 14.3. The standard InChI is InChI=1S/C37H44N6O6/c1-2-17-38-23-34(45)43-32(20-26-13-15-30(44)16-14-26)36(47)42(25-33(43)41-37(48)40-21-27-8-4-3-5-9-27)24-28-10-6-11-29(19-28)35(46)39-22-31-12-7-18-49-31/h2-6,8-11,13-16,19,31-33,38,44H,1,7,12,17-18,20-25H2,(H,39,46)(H2,40,41,48)/t31?,32-,33+/m0/s1. The maximum Gasteiger partial charge on any atom is 0.316 e. The Hall–Kier alpha value is -5.20. The highest BCUT2D eigenvalue weighted by Gasteiger charge is 2.43. The minimum Gasteiger partial charge on any atom is -0.508 e. The van der Waals surface area contributed by atoms with Gasteiger partial charge in [0.2, 0.25) is 11.8 Å². The molecule has 2 aliphatic rings. The number of phenolic OH excluding ortho intramolecular Hbond substituents is 1. The lowest BCUT2D eigenvalue weighted by molar-refractivity contribution is -0.157. The van der Waals surface area contributed by atoms with Gasteiger partial charge in [-0.05, 0) is 53.8 Å². The van der Waals surface area contributed by atoms with E-state index in [1.54, 1.807) is 41.3 Å². The highest BCUT2D eigenvalue weighted by Crippen LogP contribution is 2.24. The minimum absolute atomic E-state index is 0.00979. The number of urea groups is 1. The zero-order valence-electron chi connectivity index (χ0n) is 27.5. The molecule has 12 heteroatoms. The smallest absolute Gasteiger partial charge is 0.316 e. The van der Waals surface area contributed by atoms with Crippen LogP contribution >= 0.6 is 0 Å². The summed E-state index contributed by atoms with van der Waals surface area (Å²) < 4.78 is 5.62. The predicted molar refractivity (Wildman–Crippen MR) is 184 cm³/mol. The van der Waals surface area contributed by atoms with E-state index in [9.17, 15) is 24.3 Å². The van der Waals surface area contributed by atoms with Crippen LogP contribution in [0.1, 0.15) is 39.9 Å². The molecule has 0 bridgehead atoms. The summed E-state index contributed by atoms with van der Waals surface area (Å²) in [6.07, 6.45) is 2.81. The number of nitrogens with one attached hydrogen (secondary N) is 4. The number of piperazine rings is 1. The third kappa shape index (κ3) is 9.91. The Morgan fingerprint density at radius 3 is 2.47 bits per heavy atom. The second-order valence-corrected chi connectivity index (χ2v) is 12.2. The number of nitrogens with zero attached hydrogens (tertiary/aromatic N) is 2. The van der Waals surface area contributed by atoms with Crippen molar-refractivity contribution in [3.63, 3.8) is 0 Å². The normalized spacial score (nSPS) is 18.9. The van der Waals surface area contributed by atoms with Crippen molar-refractivity contribution in [1.82, 2.24) is 31.1 Å². The van der Waals surface area contributed by atoms with Crippen LogP contribution in [0.3, 0.4) is 0 Å². The molecule has 2 saturated heterocycles. The van der Waals surface area contributed by atoms with Crippen LogP contribution in [-0.4, -0.2) is 89.8 Å². The zero-order valence-corrected chi connectivity index (χ0v) is 27.5. The average Bonchev–Trinajstić information content (AvgIpc) is 3.64. The summed E-state index contributed by atoms with van der Waals surface area (Å²) in [5.74, 6) is -0.819. The van der Waals surface area contributed by atoms with Gasteiger partial charge in [-0.25, -0.2) is 4.79 Å². The number of hydrogen-bond donors (Lipinski definition) is 5. The Kier molecular flexibility index (Phi) is 12.4. The van der Waals surface area contributed by atoms with Crippen LogP contribution in [0.15, 0.2) is 91.5 Å². The molecular formula is C37H44N6O6. The Morgan fingerprint density at radius 1 is 0.959 bits per heavy atom. The third-order valence-corrected chi connectivity index (χ3v) is 8.55. The largest absolute Gasteiger partial charge is 0.508 e. The van der Waals surface area contributed by atoms with Gasteiger partial charge in [-0.2, -0.15) is 0 Å². The van der Waals surface area contributed by atoms with E-state index in [1.165, 1.54) is 17.0 Å². The number of amides is 5. The van der Waals surface area contributed by atoms with E-state index in [-0.39, 0.29) is 62.2 Å². The first-order valence-electron chi connectivity index (χ1n) is 16.6. The van der Waals surface area contributed by atoms with Crippen molar-refractivity contribution in [2.24, 2.45) is 0 Å². The number of aromatic hydroxyl groups is 1. The van der Waals surface area contributed by atoms with E-state index in [2.05, 4.69) is 27.8 Å². The van der Waals surface area contributed by atoms with Crippen LogP contribution in [0.25, 0.3) is 0 Å². The molecule has 1 unspecified atom stereocenters. The molecule has 0 aromatic heterocycles. The molecule has 12 nitrogen and oxygen atoms in total. The average molecular weight is 669 g/mol.